The highest BCUT2D eigenvalue weighted by molar-refractivity contribution is 6.01. The maximum atomic E-state index is 14.0. The molecule has 1 saturated carbocycles. The lowest BCUT2D eigenvalue weighted by atomic mass is 9.79. The summed E-state index contributed by atoms with van der Waals surface area (Å²) in [7, 11) is 0. The first-order valence-corrected chi connectivity index (χ1v) is 9.60. The van der Waals surface area contributed by atoms with E-state index in [1.807, 2.05) is 4.90 Å². The van der Waals surface area contributed by atoms with Crippen molar-refractivity contribution in [3.8, 4) is 0 Å². The second-order valence-electron chi connectivity index (χ2n) is 7.66. The number of carbonyl (C=O) groups is 2. The lowest BCUT2D eigenvalue weighted by Crippen LogP contribution is -2.49. The number of aromatic nitrogens is 2. The van der Waals surface area contributed by atoms with E-state index in [9.17, 15) is 19.1 Å². The molecule has 2 N–H and O–H groups in total. The zero-order valence-corrected chi connectivity index (χ0v) is 15.6. The molecule has 1 saturated heterocycles. The molecule has 0 spiro atoms. The SMILES string of the molecule is Cc1nc(CN2C[C@@H](F)C[C@H]2CNC(=O)C2(C(=O)O)CCCCCC2)no1. The molecule has 150 valence electrons. The third kappa shape index (κ3) is 4.45. The molecule has 1 aromatic heterocycles. The van der Waals surface area contributed by atoms with Gasteiger partial charge in [-0.15, -0.1) is 0 Å². The summed E-state index contributed by atoms with van der Waals surface area (Å²) >= 11 is 0. The first-order chi connectivity index (χ1) is 12.9. The molecule has 0 radical (unpaired) electrons. The molecule has 0 aromatic carbocycles. The summed E-state index contributed by atoms with van der Waals surface area (Å²) in [5.74, 6) is -0.586. The van der Waals surface area contributed by atoms with Crippen LogP contribution in [0.3, 0.4) is 0 Å². The van der Waals surface area contributed by atoms with Crippen molar-refractivity contribution in [1.29, 1.82) is 0 Å². The van der Waals surface area contributed by atoms with Crippen molar-refractivity contribution in [1.82, 2.24) is 20.4 Å². The molecular weight excluding hydrogens is 355 g/mol. The van der Waals surface area contributed by atoms with Crippen LogP contribution in [0, 0.1) is 12.3 Å². The third-order valence-electron chi connectivity index (χ3n) is 5.69. The van der Waals surface area contributed by atoms with Crippen molar-refractivity contribution in [2.24, 2.45) is 5.41 Å². The zero-order valence-electron chi connectivity index (χ0n) is 15.6. The molecule has 0 unspecified atom stereocenters. The fraction of sp³-hybridized carbons (Fsp3) is 0.778. The largest absolute Gasteiger partial charge is 0.480 e. The highest BCUT2D eigenvalue weighted by Gasteiger charge is 2.46. The van der Waals surface area contributed by atoms with Gasteiger partial charge in [-0.05, 0) is 19.3 Å². The topological polar surface area (TPSA) is 109 Å². The molecule has 2 fully saturated rings. The van der Waals surface area contributed by atoms with Gasteiger partial charge >= 0.3 is 5.97 Å². The van der Waals surface area contributed by atoms with Gasteiger partial charge in [-0.1, -0.05) is 30.8 Å². The van der Waals surface area contributed by atoms with Crippen molar-refractivity contribution in [3.05, 3.63) is 11.7 Å². The molecule has 8 nitrogen and oxygen atoms in total. The quantitative estimate of drug-likeness (QED) is 0.571. The van der Waals surface area contributed by atoms with Crippen LogP contribution in [-0.2, 0) is 16.1 Å². The van der Waals surface area contributed by atoms with E-state index < -0.39 is 23.5 Å². The van der Waals surface area contributed by atoms with Crippen LogP contribution >= 0.6 is 0 Å². The number of carboxylic acids is 1. The van der Waals surface area contributed by atoms with E-state index in [2.05, 4.69) is 15.5 Å². The van der Waals surface area contributed by atoms with Crippen molar-refractivity contribution < 1.29 is 23.6 Å². The normalized spacial score (nSPS) is 25.9. The Morgan fingerprint density at radius 3 is 2.63 bits per heavy atom. The van der Waals surface area contributed by atoms with E-state index >= 15 is 0 Å². The first kappa shape index (κ1) is 19.7. The van der Waals surface area contributed by atoms with Crippen LogP contribution in [0.2, 0.25) is 0 Å². The van der Waals surface area contributed by atoms with Crippen LogP contribution in [0.15, 0.2) is 4.52 Å². The summed E-state index contributed by atoms with van der Waals surface area (Å²) in [5, 5.41) is 16.3. The Morgan fingerprint density at radius 2 is 2.04 bits per heavy atom. The Labute approximate surface area is 157 Å². The average molecular weight is 382 g/mol. The Balaban J connectivity index is 1.62. The molecule has 1 aliphatic heterocycles. The summed E-state index contributed by atoms with van der Waals surface area (Å²) < 4.78 is 18.9. The Hall–Kier alpha value is -2.03. The van der Waals surface area contributed by atoms with Gasteiger partial charge in [-0.3, -0.25) is 14.5 Å². The van der Waals surface area contributed by atoms with E-state index in [-0.39, 0.29) is 25.6 Å². The Morgan fingerprint density at radius 1 is 1.33 bits per heavy atom. The lowest BCUT2D eigenvalue weighted by molar-refractivity contribution is -0.157. The summed E-state index contributed by atoms with van der Waals surface area (Å²) in [6.07, 6.45) is 3.38. The lowest BCUT2D eigenvalue weighted by Gasteiger charge is -2.29. The van der Waals surface area contributed by atoms with Crippen molar-refractivity contribution in [2.45, 2.75) is 70.6 Å². The third-order valence-corrected chi connectivity index (χ3v) is 5.69. The van der Waals surface area contributed by atoms with Crippen LogP contribution in [0.4, 0.5) is 4.39 Å². The fourth-order valence-electron chi connectivity index (χ4n) is 4.17. The number of amides is 1. The number of nitrogens with zero attached hydrogens (tertiary/aromatic N) is 3. The highest BCUT2D eigenvalue weighted by atomic mass is 19.1. The van der Waals surface area contributed by atoms with Crippen LogP contribution in [-0.4, -0.2) is 57.3 Å². The molecule has 9 heteroatoms. The number of halogens is 1. The zero-order chi connectivity index (χ0) is 19.4. The molecule has 1 aliphatic carbocycles. The molecule has 2 atom stereocenters. The van der Waals surface area contributed by atoms with Gasteiger partial charge in [0.1, 0.15) is 11.6 Å². The van der Waals surface area contributed by atoms with Gasteiger partial charge in [0.2, 0.25) is 11.8 Å². The molecule has 27 heavy (non-hydrogen) atoms. The molecule has 0 bridgehead atoms. The van der Waals surface area contributed by atoms with Gasteiger partial charge in [0.15, 0.2) is 5.82 Å². The van der Waals surface area contributed by atoms with E-state index in [4.69, 9.17) is 4.52 Å². The van der Waals surface area contributed by atoms with Gasteiger partial charge in [-0.25, -0.2) is 4.39 Å². The van der Waals surface area contributed by atoms with Gasteiger partial charge < -0.3 is 14.9 Å². The monoisotopic (exact) mass is 382 g/mol. The second-order valence-corrected chi connectivity index (χ2v) is 7.66. The van der Waals surface area contributed by atoms with Crippen molar-refractivity contribution >= 4 is 11.9 Å². The number of likely N-dealkylation sites (tertiary alicyclic amines) is 1. The standard InChI is InChI=1S/C18H27FN4O4/c1-12-21-15(22-27-12)11-23-10-13(19)8-14(23)9-20-16(24)18(17(25)26)6-4-2-3-5-7-18/h13-14H,2-11H2,1H3,(H,20,24)(H,25,26)/t13-,14-/m0/s1. The number of aryl methyl sites for hydroxylation is 1. The van der Waals surface area contributed by atoms with E-state index in [0.29, 0.717) is 31.1 Å². The minimum atomic E-state index is -1.36. The maximum Gasteiger partial charge on any atom is 0.319 e. The van der Waals surface area contributed by atoms with E-state index in [0.717, 1.165) is 25.7 Å². The Bertz CT molecular complexity index is 672. The van der Waals surface area contributed by atoms with Crippen LogP contribution < -0.4 is 5.32 Å². The highest BCUT2D eigenvalue weighted by Crippen LogP contribution is 2.36. The first-order valence-electron chi connectivity index (χ1n) is 9.60. The van der Waals surface area contributed by atoms with Crippen LogP contribution in [0.1, 0.15) is 56.7 Å². The van der Waals surface area contributed by atoms with Crippen LogP contribution in [0.25, 0.3) is 0 Å². The molecule has 1 amide bonds. The smallest absolute Gasteiger partial charge is 0.319 e. The number of hydrogen-bond donors (Lipinski definition) is 2. The number of carbonyl (C=O) groups excluding carboxylic acids is 1. The minimum absolute atomic E-state index is 0.213. The number of hydrogen-bond acceptors (Lipinski definition) is 6. The van der Waals surface area contributed by atoms with Crippen LogP contribution in [0.5, 0.6) is 0 Å². The van der Waals surface area contributed by atoms with Gasteiger partial charge in [-0.2, -0.15) is 4.98 Å². The van der Waals surface area contributed by atoms with E-state index in [1.165, 1.54) is 0 Å². The summed E-state index contributed by atoms with van der Waals surface area (Å²) in [5.41, 5.74) is -1.36. The number of alkyl halides is 1. The molecule has 1 aromatic rings. The average Bonchev–Trinajstić information content (AvgIpc) is 3.07. The predicted molar refractivity (Wildman–Crippen MR) is 93.5 cm³/mol. The molecule has 2 heterocycles. The van der Waals surface area contributed by atoms with Gasteiger partial charge in [0.05, 0.1) is 6.54 Å². The minimum Gasteiger partial charge on any atom is -0.480 e. The van der Waals surface area contributed by atoms with Crippen molar-refractivity contribution in [3.63, 3.8) is 0 Å². The molecular formula is C18H27FN4O4. The summed E-state index contributed by atoms with van der Waals surface area (Å²) in [4.78, 5) is 30.7. The summed E-state index contributed by atoms with van der Waals surface area (Å²) in [6.45, 7) is 2.47. The van der Waals surface area contributed by atoms with Crippen molar-refractivity contribution in [2.75, 3.05) is 13.1 Å². The number of carboxylic acid groups (broad SMARTS) is 1. The number of aliphatic carboxylic acids is 1. The second kappa shape index (κ2) is 8.33. The van der Waals surface area contributed by atoms with E-state index in [1.54, 1.807) is 6.92 Å². The molecule has 2 aliphatic rings. The maximum absolute atomic E-state index is 14.0. The number of rotatable bonds is 6. The van der Waals surface area contributed by atoms with Gasteiger partial charge in [0, 0.05) is 26.1 Å². The molecule has 3 rings (SSSR count). The fourth-order valence-corrected chi connectivity index (χ4v) is 4.17. The number of nitrogens with one attached hydrogen (secondary N) is 1. The predicted octanol–water partition coefficient (Wildman–Crippen LogP) is 1.83. The Kier molecular flexibility index (Phi) is 6.08. The summed E-state index contributed by atoms with van der Waals surface area (Å²) in [6, 6.07) is -0.223. The van der Waals surface area contributed by atoms with Gasteiger partial charge in [0.25, 0.3) is 0 Å².